The zero-order chi connectivity index (χ0) is 17.1. The average Bonchev–Trinajstić information content (AvgIpc) is 2.29. The predicted molar refractivity (Wildman–Crippen MR) is 81.5 cm³/mol. The van der Waals surface area contributed by atoms with Gasteiger partial charge in [0.05, 0.1) is 5.92 Å². The van der Waals surface area contributed by atoms with Crippen molar-refractivity contribution in [3.05, 3.63) is 29.6 Å². The maximum Gasteiger partial charge on any atom is 0.412 e. The van der Waals surface area contributed by atoms with E-state index in [2.05, 4.69) is 5.32 Å². The average molecular weight is 311 g/mol. The lowest BCUT2D eigenvalue weighted by Crippen LogP contribution is -2.28. The van der Waals surface area contributed by atoms with Crippen molar-refractivity contribution in [2.45, 2.75) is 46.1 Å². The first-order chi connectivity index (χ1) is 10.0. The van der Waals surface area contributed by atoms with Gasteiger partial charge in [0.25, 0.3) is 0 Å². The zero-order valence-corrected chi connectivity index (χ0v) is 13.4. The lowest BCUT2D eigenvalue weighted by Gasteiger charge is -2.23. The van der Waals surface area contributed by atoms with Crippen molar-refractivity contribution in [1.82, 2.24) is 0 Å². The summed E-state index contributed by atoms with van der Waals surface area (Å²) in [5.41, 5.74) is -0.237. The second-order valence-corrected chi connectivity index (χ2v) is 6.42. The number of anilines is 1. The number of carboxylic acids is 1. The number of ether oxygens (including phenoxy) is 1. The molecule has 122 valence electrons. The molecule has 0 bridgehead atoms. The molecule has 5 nitrogen and oxygen atoms in total. The van der Waals surface area contributed by atoms with E-state index in [-0.39, 0.29) is 17.2 Å². The Kier molecular flexibility index (Phi) is 5.52. The molecule has 0 aliphatic heterocycles. The molecular formula is C16H22FNO4. The van der Waals surface area contributed by atoms with Crippen LogP contribution in [0.4, 0.5) is 14.9 Å². The molecule has 0 saturated carbocycles. The van der Waals surface area contributed by atoms with Gasteiger partial charge in [-0.05, 0) is 50.5 Å². The molecule has 1 atom stereocenters. The normalized spacial score (nSPS) is 12.9. The van der Waals surface area contributed by atoms with E-state index < -0.39 is 29.4 Å². The third kappa shape index (κ3) is 5.02. The third-order valence-electron chi connectivity index (χ3n) is 2.92. The molecule has 0 spiro atoms. The Labute approximate surface area is 129 Å². The minimum Gasteiger partial charge on any atom is -0.481 e. The van der Waals surface area contributed by atoms with Crippen LogP contribution in [0.3, 0.4) is 0 Å². The highest BCUT2D eigenvalue weighted by atomic mass is 19.1. The summed E-state index contributed by atoms with van der Waals surface area (Å²) in [5, 5.41) is 11.9. The molecule has 0 aliphatic rings. The molecule has 1 unspecified atom stereocenters. The number of aliphatic carboxylic acids is 1. The van der Waals surface area contributed by atoms with Crippen LogP contribution in [-0.4, -0.2) is 22.8 Å². The fourth-order valence-corrected chi connectivity index (χ4v) is 2.10. The summed E-state index contributed by atoms with van der Waals surface area (Å²) in [4.78, 5) is 23.3. The summed E-state index contributed by atoms with van der Waals surface area (Å²) in [6.45, 7) is 8.59. The van der Waals surface area contributed by atoms with E-state index in [4.69, 9.17) is 4.74 Å². The van der Waals surface area contributed by atoms with E-state index >= 15 is 0 Å². The number of carbonyl (C=O) groups is 2. The maximum atomic E-state index is 13.5. The van der Waals surface area contributed by atoms with Crippen LogP contribution in [0.5, 0.6) is 0 Å². The summed E-state index contributed by atoms with van der Waals surface area (Å²) in [7, 11) is 0. The summed E-state index contributed by atoms with van der Waals surface area (Å²) < 4.78 is 18.6. The molecule has 0 radical (unpaired) electrons. The van der Waals surface area contributed by atoms with Crippen LogP contribution in [0.25, 0.3) is 0 Å². The van der Waals surface area contributed by atoms with Gasteiger partial charge in [-0.2, -0.15) is 0 Å². The SMILES string of the molecule is CC(C)C(C(=O)O)c1cc(F)ccc1NC(=O)OC(C)(C)C. The fraction of sp³-hybridized carbons (Fsp3) is 0.500. The summed E-state index contributed by atoms with van der Waals surface area (Å²) >= 11 is 0. The molecule has 2 N–H and O–H groups in total. The molecule has 1 rings (SSSR count). The first-order valence-electron chi connectivity index (χ1n) is 7.03. The van der Waals surface area contributed by atoms with E-state index in [1.54, 1.807) is 34.6 Å². The Bertz CT molecular complexity index is 564. The Morgan fingerprint density at radius 2 is 1.86 bits per heavy atom. The van der Waals surface area contributed by atoms with Gasteiger partial charge in [0.1, 0.15) is 11.4 Å². The molecule has 1 aromatic rings. The Hall–Kier alpha value is -2.11. The van der Waals surface area contributed by atoms with E-state index in [1.165, 1.54) is 6.07 Å². The number of benzene rings is 1. The fourth-order valence-electron chi connectivity index (χ4n) is 2.10. The minimum atomic E-state index is -1.08. The zero-order valence-electron chi connectivity index (χ0n) is 13.4. The van der Waals surface area contributed by atoms with Crippen LogP contribution in [0, 0.1) is 11.7 Å². The highest BCUT2D eigenvalue weighted by Crippen LogP contribution is 2.31. The van der Waals surface area contributed by atoms with Gasteiger partial charge in [-0.25, -0.2) is 9.18 Å². The monoisotopic (exact) mass is 311 g/mol. The Morgan fingerprint density at radius 3 is 2.32 bits per heavy atom. The Morgan fingerprint density at radius 1 is 1.27 bits per heavy atom. The molecule has 0 saturated heterocycles. The van der Waals surface area contributed by atoms with Gasteiger partial charge < -0.3 is 9.84 Å². The first-order valence-corrected chi connectivity index (χ1v) is 7.03. The topological polar surface area (TPSA) is 75.6 Å². The minimum absolute atomic E-state index is 0.216. The predicted octanol–water partition coefficient (Wildman–Crippen LogP) is 4.00. The van der Waals surface area contributed by atoms with Crippen molar-refractivity contribution in [3.63, 3.8) is 0 Å². The molecular weight excluding hydrogens is 289 g/mol. The third-order valence-corrected chi connectivity index (χ3v) is 2.92. The van der Waals surface area contributed by atoms with E-state index in [1.807, 2.05) is 0 Å². The van der Waals surface area contributed by atoms with Crippen LogP contribution < -0.4 is 5.32 Å². The van der Waals surface area contributed by atoms with Crippen molar-refractivity contribution in [2.75, 3.05) is 5.32 Å². The van der Waals surface area contributed by atoms with Gasteiger partial charge in [-0.3, -0.25) is 10.1 Å². The first kappa shape index (κ1) is 17.9. The van der Waals surface area contributed by atoms with Gasteiger partial charge >= 0.3 is 12.1 Å². The number of nitrogens with one attached hydrogen (secondary N) is 1. The molecule has 0 aromatic heterocycles. The number of amides is 1. The van der Waals surface area contributed by atoms with Crippen molar-refractivity contribution in [1.29, 1.82) is 0 Å². The molecule has 1 amide bonds. The lowest BCUT2D eigenvalue weighted by atomic mass is 9.87. The van der Waals surface area contributed by atoms with Crippen LogP contribution in [-0.2, 0) is 9.53 Å². The van der Waals surface area contributed by atoms with Crippen LogP contribution in [0.15, 0.2) is 18.2 Å². The molecule has 0 aliphatic carbocycles. The van der Waals surface area contributed by atoms with Gasteiger partial charge in [0.15, 0.2) is 0 Å². The standard InChI is InChI=1S/C16H22FNO4/c1-9(2)13(14(19)20)11-8-10(17)6-7-12(11)18-15(21)22-16(3,4)5/h6-9,13H,1-5H3,(H,18,21)(H,19,20). The molecule has 1 aromatic carbocycles. The number of rotatable bonds is 4. The molecule has 6 heteroatoms. The summed E-state index contributed by atoms with van der Waals surface area (Å²) in [6, 6.07) is 3.63. The molecule has 0 fully saturated rings. The Balaban J connectivity index is 3.15. The van der Waals surface area contributed by atoms with Gasteiger partial charge in [0.2, 0.25) is 0 Å². The van der Waals surface area contributed by atoms with E-state index in [0.717, 1.165) is 12.1 Å². The van der Waals surface area contributed by atoms with E-state index in [0.29, 0.717) is 0 Å². The largest absolute Gasteiger partial charge is 0.481 e. The summed E-state index contributed by atoms with van der Waals surface area (Å²) in [6.07, 6.45) is -0.715. The van der Waals surface area contributed by atoms with Crippen molar-refractivity contribution < 1.29 is 23.8 Å². The van der Waals surface area contributed by atoms with Crippen LogP contribution >= 0.6 is 0 Å². The number of hydrogen-bond acceptors (Lipinski definition) is 3. The van der Waals surface area contributed by atoms with Crippen molar-refractivity contribution in [2.24, 2.45) is 5.92 Å². The highest BCUT2D eigenvalue weighted by Gasteiger charge is 2.28. The van der Waals surface area contributed by atoms with Crippen molar-refractivity contribution >= 4 is 17.7 Å². The smallest absolute Gasteiger partial charge is 0.412 e. The maximum absolute atomic E-state index is 13.5. The van der Waals surface area contributed by atoms with E-state index in [9.17, 15) is 19.1 Å². The second-order valence-electron chi connectivity index (χ2n) is 6.42. The number of halogens is 1. The summed E-state index contributed by atoms with van der Waals surface area (Å²) in [5.74, 6) is -2.83. The quantitative estimate of drug-likeness (QED) is 0.881. The lowest BCUT2D eigenvalue weighted by molar-refractivity contribution is -0.139. The molecule has 22 heavy (non-hydrogen) atoms. The van der Waals surface area contributed by atoms with Gasteiger partial charge in [-0.1, -0.05) is 13.8 Å². The van der Waals surface area contributed by atoms with Crippen LogP contribution in [0.2, 0.25) is 0 Å². The number of carbonyl (C=O) groups excluding carboxylic acids is 1. The van der Waals surface area contributed by atoms with Crippen LogP contribution in [0.1, 0.15) is 46.1 Å². The molecule has 0 heterocycles. The van der Waals surface area contributed by atoms with Gasteiger partial charge in [-0.15, -0.1) is 0 Å². The number of hydrogen-bond donors (Lipinski definition) is 2. The van der Waals surface area contributed by atoms with Gasteiger partial charge in [0, 0.05) is 5.69 Å². The highest BCUT2D eigenvalue weighted by molar-refractivity contribution is 5.88. The second kappa shape index (κ2) is 6.77. The number of carboxylic acid groups (broad SMARTS) is 1. The van der Waals surface area contributed by atoms with Crippen molar-refractivity contribution in [3.8, 4) is 0 Å².